The summed E-state index contributed by atoms with van der Waals surface area (Å²) in [6.07, 6.45) is 12.1. The van der Waals surface area contributed by atoms with Gasteiger partial charge >= 0.3 is 5.97 Å². The highest BCUT2D eigenvalue weighted by atomic mass is 31.0. The molecule has 0 bridgehead atoms. The van der Waals surface area contributed by atoms with Gasteiger partial charge in [0.1, 0.15) is 5.75 Å². The number of carbonyl (C=O) groups excluding carboxylic acids is 1. The van der Waals surface area contributed by atoms with E-state index in [9.17, 15) is 4.79 Å². The Hall–Kier alpha value is -2.21. The lowest BCUT2D eigenvalue weighted by atomic mass is 10.1. The van der Waals surface area contributed by atoms with Crippen LogP contribution in [0.15, 0.2) is 72.8 Å². The van der Waals surface area contributed by atoms with Gasteiger partial charge in [0.2, 0.25) is 0 Å². The predicted octanol–water partition coefficient (Wildman–Crippen LogP) is 7.49. The smallest absolute Gasteiger partial charge is 0.338 e. The lowest BCUT2D eigenvalue weighted by Crippen LogP contribution is -2.12. The zero-order valence-electron chi connectivity index (χ0n) is 21.3. The molecule has 2 unspecified atom stereocenters. The van der Waals surface area contributed by atoms with Crippen molar-refractivity contribution in [3.05, 3.63) is 78.4 Å². The number of benzene rings is 3. The number of rotatable bonds is 16. The van der Waals surface area contributed by atoms with E-state index in [0.717, 1.165) is 42.2 Å². The van der Waals surface area contributed by atoms with E-state index in [1.54, 1.807) is 0 Å². The van der Waals surface area contributed by atoms with E-state index in [4.69, 9.17) is 9.47 Å². The second kappa shape index (κ2) is 16.5. The number of carbonyl (C=O) groups is 1. The highest BCUT2D eigenvalue weighted by molar-refractivity contribution is 7.29. The summed E-state index contributed by atoms with van der Waals surface area (Å²) >= 11 is 0. The number of hydrogen-bond acceptors (Lipinski definition) is 3. The fraction of sp³-hybridized carbons (Fsp3) is 0.387. The molecule has 3 aromatic rings. The predicted molar refractivity (Wildman–Crippen MR) is 159 cm³/mol. The monoisotopic (exact) mass is 522 g/mol. The van der Waals surface area contributed by atoms with Crippen LogP contribution in [0.25, 0.3) is 11.1 Å². The van der Waals surface area contributed by atoms with E-state index in [1.165, 1.54) is 56.1 Å². The van der Waals surface area contributed by atoms with Gasteiger partial charge in [0.05, 0.1) is 18.8 Å². The lowest BCUT2D eigenvalue weighted by Gasteiger charge is -2.08. The Morgan fingerprint density at radius 1 is 0.583 bits per heavy atom. The van der Waals surface area contributed by atoms with Crippen molar-refractivity contribution in [2.45, 2.75) is 64.2 Å². The Bertz CT molecular complexity index is 1020. The van der Waals surface area contributed by atoms with Crippen molar-refractivity contribution in [3.8, 4) is 16.9 Å². The van der Waals surface area contributed by atoms with Crippen LogP contribution in [-0.4, -0.2) is 19.2 Å². The van der Waals surface area contributed by atoms with Crippen LogP contribution in [0.2, 0.25) is 0 Å². The van der Waals surface area contributed by atoms with Gasteiger partial charge in [-0.15, -0.1) is 18.5 Å². The Morgan fingerprint density at radius 2 is 1.08 bits per heavy atom. The fourth-order valence-corrected chi connectivity index (χ4v) is 5.16. The summed E-state index contributed by atoms with van der Waals surface area (Å²) < 4.78 is 11.3. The molecule has 0 spiro atoms. The molecule has 0 heterocycles. The molecule has 0 aromatic heterocycles. The molecule has 3 rings (SSSR count). The number of ether oxygens (including phenoxy) is 2. The van der Waals surface area contributed by atoms with Crippen LogP contribution in [0.5, 0.6) is 5.75 Å². The molecule has 0 aliphatic heterocycles. The molecular formula is C31H40O3P2. The van der Waals surface area contributed by atoms with Gasteiger partial charge in [0, 0.05) is 0 Å². The van der Waals surface area contributed by atoms with Crippen LogP contribution >= 0.6 is 18.5 Å². The third-order valence-electron chi connectivity index (χ3n) is 6.22. The van der Waals surface area contributed by atoms with Crippen LogP contribution in [0.1, 0.15) is 74.6 Å². The quantitative estimate of drug-likeness (QED) is 0.111. The average Bonchev–Trinajstić information content (AvgIpc) is 2.89. The third kappa shape index (κ3) is 10.8. The molecule has 0 saturated heterocycles. The maximum absolute atomic E-state index is 12.1. The fourth-order valence-electron chi connectivity index (χ4n) is 4.23. The molecule has 3 nitrogen and oxygen atoms in total. The Balaban J connectivity index is 1.11. The van der Waals surface area contributed by atoms with Crippen molar-refractivity contribution in [3.63, 3.8) is 0 Å². The maximum atomic E-state index is 12.1. The Labute approximate surface area is 221 Å². The van der Waals surface area contributed by atoms with Gasteiger partial charge in [-0.05, 0) is 64.9 Å². The first-order chi connectivity index (χ1) is 17.6. The van der Waals surface area contributed by atoms with Crippen LogP contribution in [-0.2, 0) is 4.74 Å². The van der Waals surface area contributed by atoms with Gasteiger partial charge in [-0.3, -0.25) is 0 Å². The topological polar surface area (TPSA) is 35.5 Å². The van der Waals surface area contributed by atoms with Gasteiger partial charge in [0.25, 0.3) is 0 Å². The molecule has 0 fully saturated rings. The van der Waals surface area contributed by atoms with E-state index in [1.807, 2.05) is 24.3 Å². The second-order valence-corrected chi connectivity index (χ2v) is 10.6. The Kier molecular flexibility index (Phi) is 13.0. The van der Waals surface area contributed by atoms with Crippen LogP contribution < -0.4 is 15.3 Å². The molecule has 0 radical (unpaired) electrons. The van der Waals surface area contributed by atoms with E-state index in [-0.39, 0.29) is 5.97 Å². The Morgan fingerprint density at radius 3 is 1.67 bits per heavy atom. The van der Waals surface area contributed by atoms with Crippen molar-refractivity contribution in [1.29, 1.82) is 0 Å². The minimum absolute atomic E-state index is 0.227. The van der Waals surface area contributed by atoms with Crippen molar-refractivity contribution in [1.82, 2.24) is 0 Å². The summed E-state index contributed by atoms with van der Waals surface area (Å²) in [6, 6.07) is 24.5. The molecule has 192 valence electrons. The minimum Gasteiger partial charge on any atom is -0.494 e. The SMILES string of the molecule is O=C(OCCCCCCCCCCCCOc1ccc(-c2ccccc2)cc1)c1cc(P)cc(P)c1. The zero-order valence-corrected chi connectivity index (χ0v) is 23.6. The third-order valence-corrected chi connectivity index (χ3v) is 6.88. The van der Waals surface area contributed by atoms with E-state index < -0.39 is 0 Å². The van der Waals surface area contributed by atoms with Crippen molar-refractivity contribution in [2.24, 2.45) is 0 Å². The summed E-state index contributed by atoms with van der Waals surface area (Å²) in [5, 5.41) is 1.99. The molecule has 36 heavy (non-hydrogen) atoms. The molecule has 3 aromatic carbocycles. The van der Waals surface area contributed by atoms with Gasteiger partial charge in [-0.2, -0.15) is 0 Å². The van der Waals surface area contributed by atoms with Crippen LogP contribution in [0, 0.1) is 0 Å². The van der Waals surface area contributed by atoms with Crippen molar-refractivity contribution in [2.75, 3.05) is 13.2 Å². The summed E-state index contributed by atoms with van der Waals surface area (Å²) in [4.78, 5) is 12.1. The molecular weight excluding hydrogens is 482 g/mol. The molecule has 0 amide bonds. The number of unbranched alkanes of at least 4 members (excludes halogenated alkanes) is 9. The van der Waals surface area contributed by atoms with Gasteiger partial charge in [-0.25, -0.2) is 4.79 Å². The largest absolute Gasteiger partial charge is 0.494 e. The summed E-state index contributed by atoms with van der Waals surface area (Å²) in [5.41, 5.74) is 3.08. The molecule has 0 saturated carbocycles. The number of esters is 1. The van der Waals surface area contributed by atoms with E-state index >= 15 is 0 Å². The summed E-state index contributed by atoms with van der Waals surface area (Å²) in [7, 11) is 5.25. The van der Waals surface area contributed by atoms with Crippen molar-refractivity contribution < 1.29 is 14.3 Å². The standard InChI is InChI=1S/C31H40O3P2/c32-31(27-22-29(35)24-30(36)23-27)34-21-13-8-6-4-2-1-3-5-7-12-20-33-28-18-16-26(17-19-28)25-14-10-9-11-15-25/h9-11,14-19,22-24H,1-8,12-13,20-21,35-36H2. The molecule has 0 aliphatic carbocycles. The van der Waals surface area contributed by atoms with Gasteiger partial charge < -0.3 is 9.47 Å². The first kappa shape index (κ1) is 28.4. The van der Waals surface area contributed by atoms with Crippen LogP contribution in [0.3, 0.4) is 0 Å². The van der Waals surface area contributed by atoms with Gasteiger partial charge in [-0.1, -0.05) is 93.8 Å². The lowest BCUT2D eigenvalue weighted by molar-refractivity contribution is 0.0498. The zero-order chi connectivity index (χ0) is 25.4. The molecule has 5 heteroatoms. The maximum Gasteiger partial charge on any atom is 0.338 e. The average molecular weight is 523 g/mol. The molecule has 0 N–H and O–H groups in total. The highest BCUT2D eigenvalue weighted by Gasteiger charge is 2.08. The summed E-state index contributed by atoms with van der Waals surface area (Å²) in [6.45, 7) is 1.29. The second-order valence-electron chi connectivity index (χ2n) is 9.30. The normalized spacial score (nSPS) is 10.8. The molecule has 2 atom stereocenters. The summed E-state index contributed by atoms with van der Waals surface area (Å²) in [5.74, 6) is 0.724. The first-order valence-electron chi connectivity index (χ1n) is 13.2. The molecule has 0 aliphatic rings. The number of hydrogen-bond donors (Lipinski definition) is 0. The van der Waals surface area contributed by atoms with Crippen LogP contribution in [0.4, 0.5) is 0 Å². The highest BCUT2D eigenvalue weighted by Crippen LogP contribution is 2.22. The van der Waals surface area contributed by atoms with E-state index in [2.05, 4.69) is 67.0 Å². The van der Waals surface area contributed by atoms with Crippen molar-refractivity contribution >= 4 is 35.1 Å². The van der Waals surface area contributed by atoms with E-state index in [0.29, 0.717) is 12.2 Å². The minimum atomic E-state index is -0.227. The first-order valence-corrected chi connectivity index (χ1v) is 14.4. The van der Waals surface area contributed by atoms with Gasteiger partial charge in [0.15, 0.2) is 0 Å².